The lowest BCUT2D eigenvalue weighted by Gasteiger charge is -2.15. The second-order valence-electron chi connectivity index (χ2n) is 5.95. The number of alkyl halides is 1. The largest absolute Gasteiger partial charge is 0.126 e. The Bertz CT molecular complexity index is 541. The first-order valence-corrected chi connectivity index (χ1v) is 8.39. The van der Waals surface area contributed by atoms with Gasteiger partial charge in [0.15, 0.2) is 0 Å². The Kier molecular flexibility index (Phi) is 6.14. The van der Waals surface area contributed by atoms with Crippen LogP contribution in [0.2, 0.25) is 5.02 Å². The van der Waals surface area contributed by atoms with Gasteiger partial charge in [-0.2, -0.15) is 0 Å². The molecule has 0 spiro atoms. The highest BCUT2D eigenvalue weighted by Crippen LogP contribution is 2.20. The summed E-state index contributed by atoms with van der Waals surface area (Å²) < 4.78 is 0. The molecule has 0 aliphatic heterocycles. The van der Waals surface area contributed by atoms with Gasteiger partial charge in [-0.05, 0) is 53.5 Å². The minimum Gasteiger partial charge on any atom is -0.126 e. The van der Waals surface area contributed by atoms with E-state index in [4.69, 9.17) is 23.2 Å². The maximum Gasteiger partial charge on any atom is 0.0406 e. The average Bonchev–Trinajstić information content (AvgIpc) is 2.49. The quantitative estimate of drug-likeness (QED) is 0.564. The van der Waals surface area contributed by atoms with Gasteiger partial charge in [-0.25, -0.2) is 0 Å². The summed E-state index contributed by atoms with van der Waals surface area (Å²) in [6, 6.07) is 17.0. The lowest BCUT2D eigenvalue weighted by molar-refractivity contribution is 0.584. The highest BCUT2D eigenvalue weighted by atomic mass is 35.5. The molecule has 0 amide bonds. The molecule has 21 heavy (non-hydrogen) atoms. The molecule has 0 aliphatic rings. The summed E-state index contributed by atoms with van der Waals surface area (Å²) >= 11 is 12.1. The first-order valence-electron chi connectivity index (χ1n) is 7.47. The molecule has 0 heterocycles. The molecule has 0 aromatic heterocycles. The first kappa shape index (κ1) is 16.4. The van der Waals surface area contributed by atoms with Crippen molar-refractivity contribution in [2.75, 3.05) is 5.88 Å². The summed E-state index contributed by atoms with van der Waals surface area (Å²) in [5, 5.41) is 0.783. The van der Waals surface area contributed by atoms with Crippen LogP contribution in [0.1, 0.15) is 36.5 Å². The van der Waals surface area contributed by atoms with Gasteiger partial charge >= 0.3 is 0 Å². The third-order valence-corrected chi connectivity index (χ3v) is 4.52. The van der Waals surface area contributed by atoms with Gasteiger partial charge in [-0.1, -0.05) is 61.8 Å². The zero-order valence-electron chi connectivity index (χ0n) is 12.7. The third-order valence-electron chi connectivity index (χ3n) is 3.83. The van der Waals surface area contributed by atoms with Crippen molar-refractivity contribution in [3.05, 3.63) is 70.2 Å². The van der Waals surface area contributed by atoms with E-state index in [-0.39, 0.29) is 0 Å². The maximum absolute atomic E-state index is 6.15. The maximum atomic E-state index is 6.15. The van der Waals surface area contributed by atoms with Gasteiger partial charge in [-0.3, -0.25) is 0 Å². The zero-order chi connectivity index (χ0) is 15.2. The predicted octanol–water partition coefficient (Wildman–Crippen LogP) is 6.10. The van der Waals surface area contributed by atoms with Crippen LogP contribution < -0.4 is 0 Å². The van der Waals surface area contributed by atoms with E-state index in [1.165, 1.54) is 16.7 Å². The summed E-state index contributed by atoms with van der Waals surface area (Å²) in [6.07, 6.45) is 2.01. The minimum absolute atomic E-state index is 0.456. The smallest absolute Gasteiger partial charge is 0.0406 e. The van der Waals surface area contributed by atoms with Crippen LogP contribution in [-0.2, 0) is 12.8 Å². The van der Waals surface area contributed by atoms with Crippen molar-refractivity contribution in [1.82, 2.24) is 0 Å². The van der Waals surface area contributed by atoms with E-state index in [9.17, 15) is 0 Å². The number of benzene rings is 2. The molecule has 0 radical (unpaired) electrons. The second-order valence-corrected chi connectivity index (χ2v) is 6.70. The minimum atomic E-state index is 0.456. The van der Waals surface area contributed by atoms with E-state index in [0.717, 1.165) is 17.9 Å². The SMILES string of the molecule is CC(C)c1ccc(CC(CCl)Cc2ccc(Cl)cc2)cc1. The molecule has 2 rings (SSSR count). The van der Waals surface area contributed by atoms with E-state index in [2.05, 4.69) is 50.2 Å². The van der Waals surface area contributed by atoms with Gasteiger partial charge in [0, 0.05) is 10.9 Å². The molecule has 2 aromatic rings. The first-order chi connectivity index (χ1) is 10.1. The summed E-state index contributed by atoms with van der Waals surface area (Å²) in [5.74, 6) is 1.71. The average molecular weight is 321 g/mol. The Morgan fingerprint density at radius 3 is 1.71 bits per heavy atom. The number of hydrogen-bond acceptors (Lipinski definition) is 0. The van der Waals surface area contributed by atoms with Crippen molar-refractivity contribution in [2.24, 2.45) is 5.92 Å². The fraction of sp³-hybridized carbons (Fsp3) is 0.368. The van der Waals surface area contributed by atoms with Crippen molar-refractivity contribution in [3.8, 4) is 0 Å². The molecule has 0 saturated heterocycles. The van der Waals surface area contributed by atoms with E-state index in [0.29, 0.717) is 17.7 Å². The van der Waals surface area contributed by atoms with E-state index < -0.39 is 0 Å². The van der Waals surface area contributed by atoms with Crippen molar-refractivity contribution in [1.29, 1.82) is 0 Å². The normalized spacial score (nSPS) is 12.6. The van der Waals surface area contributed by atoms with Crippen LogP contribution in [0.4, 0.5) is 0 Å². The summed E-state index contributed by atoms with van der Waals surface area (Å²) in [6.45, 7) is 4.44. The Balaban J connectivity index is 1.99. The van der Waals surface area contributed by atoms with Crippen molar-refractivity contribution < 1.29 is 0 Å². The standard InChI is InChI=1S/C19H22Cl2/c1-14(2)18-7-3-15(4-8-18)11-17(13-20)12-16-5-9-19(21)10-6-16/h3-10,14,17H,11-13H2,1-2H3. The van der Waals surface area contributed by atoms with Crippen LogP contribution in [0.25, 0.3) is 0 Å². The van der Waals surface area contributed by atoms with Crippen LogP contribution in [0.5, 0.6) is 0 Å². The van der Waals surface area contributed by atoms with Crippen LogP contribution in [-0.4, -0.2) is 5.88 Å². The van der Waals surface area contributed by atoms with Crippen molar-refractivity contribution >= 4 is 23.2 Å². The Hall–Kier alpha value is -0.980. The molecule has 2 aromatic carbocycles. The van der Waals surface area contributed by atoms with Crippen molar-refractivity contribution in [3.63, 3.8) is 0 Å². The molecular formula is C19H22Cl2. The fourth-order valence-corrected chi connectivity index (χ4v) is 2.85. The molecule has 112 valence electrons. The molecule has 0 bridgehead atoms. The van der Waals surface area contributed by atoms with Gasteiger partial charge in [0.1, 0.15) is 0 Å². The predicted molar refractivity (Wildman–Crippen MR) is 93.6 cm³/mol. The third kappa shape index (κ3) is 5.05. The second kappa shape index (κ2) is 7.87. The van der Waals surface area contributed by atoms with Crippen LogP contribution in [0.3, 0.4) is 0 Å². The Labute approximate surface area is 138 Å². The number of halogens is 2. The lowest BCUT2D eigenvalue weighted by Crippen LogP contribution is -2.10. The molecule has 1 unspecified atom stereocenters. The van der Waals surface area contributed by atoms with Gasteiger partial charge in [0.05, 0.1) is 0 Å². The highest BCUT2D eigenvalue weighted by Gasteiger charge is 2.10. The van der Waals surface area contributed by atoms with Crippen LogP contribution in [0.15, 0.2) is 48.5 Å². The molecule has 0 nitrogen and oxygen atoms in total. The number of rotatable bonds is 6. The lowest BCUT2D eigenvalue weighted by atomic mass is 9.93. The van der Waals surface area contributed by atoms with Gasteiger partial charge < -0.3 is 0 Å². The molecular weight excluding hydrogens is 299 g/mol. The van der Waals surface area contributed by atoms with Gasteiger partial charge in [0.25, 0.3) is 0 Å². The van der Waals surface area contributed by atoms with E-state index in [1.54, 1.807) is 0 Å². The van der Waals surface area contributed by atoms with Crippen molar-refractivity contribution in [2.45, 2.75) is 32.6 Å². The Morgan fingerprint density at radius 1 is 0.810 bits per heavy atom. The topological polar surface area (TPSA) is 0 Å². The molecule has 0 N–H and O–H groups in total. The molecule has 0 aliphatic carbocycles. The summed E-state index contributed by atoms with van der Waals surface area (Å²) in [4.78, 5) is 0. The van der Waals surface area contributed by atoms with Crippen LogP contribution >= 0.6 is 23.2 Å². The zero-order valence-corrected chi connectivity index (χ0v) is 14.2. The highest BCUT2D eigenvalue weighted by molar-refractivity contribution is 6.30. The fourth-order valence-electron chi connectivity index (χ4n) is 2.51. The number of hydrogen-bond donors (Lipinski definition) is 0. The molecule has 2 heteroatoms. The summed E-state index contributed by atoms with van der Waals surface area (Å²) in [5.41, 5.74) is 4.04. The Morgan fingerprint density at radius 2 is 1.29 bits per heavy atom. The molecule has 1 atom stereocenters. The monoisotopic (exact) mass is 320 g/mol. The van der Waals surface area contributed by atoms with E-state index >= 15 is 0 Å². The van der Waals surface area contributed by atoms with Gasteiger partial charge in [0.2, 0.25) is 0 Å². The van der Waals surface area contributed by atoms with Crippen LogP contribution in [0, 0.1) is 5.92 Å². The molecule has 0 saturated carbocycles. The van der Waals surface area contributed by atoms with E-state index in [1.807, 2.05) is 12.1 Å². The van der Waals surface area contributed by atoms with Gasteiger partial charge in [-0.15, -0.1) is 11.6 Å². The summed E-state index contributed by atoms with van der Waals surface area (Å²) in [7, 11) is 0. The molecule has 0 fully saturated rings.